The monoisotopic (exact) mass is 540 g/mol. The zero-order valence-corrected chi connectivity index (χ0v) is 23.3. The number of hydrogen-bond acceptors (Lipinski definition) is 3. The zero-order valence-electron chi connectivity index (χ0n) is 21.8. The van der Waals surface area contributed by atoms with Crippen LogP contribution in [0.4, 0.5) is 0 Å². The molecule has 3 rings (SSSR count). The van der Waals surface area contributed by atoms with E-state index in [0.717, 1.165) is 16.7 Å². The number of hydrogen-bond donors (Lipinski definition) is 1. The molecule has 3 aromatic carbocycles. The number of carbonyl (C=O) groups excluding carboxylic acids is 2. The van der Waals surface area contributed by atoms with Crippen LogP contribution in [0.1, 0.15) is 36.1 Å². The van der Waals surface area contributed by atoms with Gasteiger partial charge in [-0.3, -0.25) is 9.59 Å². The first kappa shape index (κ1) is 28.5. The van der Waals surface area contributed by atoms with Gasteiger partial charge in [-0.2, -0.15) is 0 Å². The third kappa shape index (κ3) is 7.98. The third-order valence-corrected chi connectivity index (χ3v) is 6.96. The summed E-state index contributed by atoms with van der Waals surface area (Å²) in [6.07, 6.45) is 0.335. The summed E-state index contributed by atoms with van der Waals surface area (Å²) >= 11 is 13.0. The molecular weight excluding hydrogens is 507 g/mol. The molecule has 2 amide bonds. The molecule has 7 heteroatoms. The van der Waals surface area contributed by atoms with E-state index in [-0.39, 0.29) is 30.9 Å². The number of ether oxygens (including phenoxy) is 1. The fourth-order valence-corrected chi connectivity index (χ4v) is 4.45. The maximum Gasteiger partial charge on any atom is 0.261 e. The molecule has 0 fully saturated rings. The van der Waals surface area contributed by atoms with Crippen LogP contribution in [0.25, 0.3) is 0 Å². The SMILES string of the molecule is Cc1cccc(OCC(=O)N(Cc2c(Cl)cccc2Cl)[C@@H](Cc2ccccc2)C(=O)NCC(C)C)c1C. The summed E-state index contributed by atoms with van der Waals surface area (Å²) in [5.41, 5.74) is 3.55. The average molecular weight is 542 g/mol. The molecule has 3 aromatic rings. The van der Waals surface area contributed by atoms with E-state index in [1.807, 2.05) is 76.2 Å². The molecule has 0 aliphatic rings. The number of nitrogens with one attached hydrogen (secondary N) is 1. The van der Waals surface area contributed by atoms with Crippen LogP contribution >= 0.6 is 23.2 Å². The molecule has 1 N–H and O–H groups in total. The summed E-state index contributed by atoms with van der Waals surface area (Å²) in [4.78, 5) is 28.8. The Morgan fingerprint density at radius 3 is 2.22 bits per heavy atom. The van der Waals surface area contributed by atoms with Gasteiger partial charge in [0.1, 0.15) is 11.8 Å². The van der Waals surface area contributed by atoms with E-state index in [0.29, 0.717) is 34.3 Å². The van der Waals surface area contributed by atoms with E-state index >= 15 is 0 Å². The molecular formula is C30H34Cl2N2O3. The molecule has 0 aliphatic carbocycles. The van der Waals surface area contributed by atoms with Crippen LogP contribution in [0.2, 0.25) is 10.0 Å². The van der Waals surface area contributed by atoms with E-state index in [4.69, 9.17) is 27.9 Å². The van der Waals surface area contributed by atoms with Gasteiger partial charge in [0.15, 0.2) is 6.61 Å². The van der Waals surface area contributed by atoms with Crippen LogP contribution in [0, 0.1) is 19.8 Å². The molecule has 0 heterocycles. The number of rotatable bonds is 11. The molecule has 0 bridgehead atoms. The van der Waals surface area contributed by atoms with E-state index in [9.17, 15) is 9.59 Å². The highest BCUT2D eigenvalue weighted by molar-refractivity contribution is 6.36. The van der Waals surface area contributed by atoms with Crippen molar-refractivity contribution in [2.45, 2.75) is 46.7 Å². The lowest BCUT2D eigenvalue weighted by molar-refractivity contribution is -0.142. The van der Waals surface area contributed by atoms with Gasteiger partial charge in [-0.1, -0.05) is 85.6 Å². The highest BCUT2D eigenvalue weighted by Crippen LogP contribution is 2.28. The molecule has 196 valence electrons. The van der Waals surface area contributed by atoms with Gasteiger partial charge in [0.2, 0.25) is 5.91 Å². The number of aryl methyl sites for hydroxylation is 1. The molecule has 37 heavy (non-hydrogen) atoms. The summed E-state index contributed by atoms with van der Waals surface area (Å²) in [6.45, 7) is 8.33. The first-order chi connectivity index (χ1) is 17.7. The van der Waals surface area contributed by atoms with Crippen molar-refractivity contribution in [3.8, 4) is 5.75 Å². The van der Waals surface area contributed by atoms with Gasteiger partial charge in [-0.25, -0.2) is 0 Å². The molecule has 5 nitrogen and oxygen atoms in total. The third-order valence-electron chi connectivity index (χ3n) is 6.25. The van der Waals surface area contributed by atoms with E-state index in [1.54, 1.807) is 18.2 Å². The average Bonchev–Trinajstić information content (AvgIpc) is 2.87. The fourth-order valence-electron chi connectivity index (χ4n) is 3.93. The predicted octanol–water partition coefficient (Wildman–Crippen LogP) is 6.40. The number of carbonyl (C=O) groups is 2. The Morgan fingerprint density at radius 2 is 1.57 bits per heavy atom. The van der Waals surface area contributed by atoms with E-state index in [1.165, 1.54) is 4.90 Å². The second-order valence-electron chi connectivity index (χ2n) is 9.55. The summed E-state index contributed by atoms with van der Waals surface area (Å²) < 4.78 is 5.95. The second kappa shape index (κ2) is 13.5. The highest BCUT2D eigenvalue weighted by atomic mass is 35.5. The molecule has 0 saturated heterocycles. The first-order valence-corrected chi connectivity index (χ1v) is 13.2. The van der Waals surface area contributed by atoms with Crippen molar-refractivity contribution in [3.05, 3.63) is 99.0 Å². The Labute approximate surface area is 229 Å². The highest BCUT2D eigenvalue weighted by Gasteiger charge is 2.31. The van der Waals surface area contributed by atoms with E-state index < -0.39 is 6.04 Å². The van der Waals surface area contributed by atoms with Gasteiger partial charge in [0.25, 0.3) is 5.91 Å². The normalized spacial score (nSPS) is 11.8. The fraction of sp³-hybridized carbons (Fsp3) is 0.333. The Bertz CT molecular complexity index is 1190. The van der Waals surface area contributed by atoms with Crippen molar-refractivity contribution >= 4 is 35.0 Å². The Balaban J connectivity index is 1.97. The van der Waals surface area contributed by atoms with Crippen molar-refractivity contribution in [3.63, 3.8) is 0 Å². The first-order valence-electron chi connectivity index (χ1n) is 12.4. The molecule has 0 spiro atoms. The lowest BCUT2D eigenvalue weighted by Gasteiger charge is -2.32. The zero-order chi connectivity index (χ0) is 26.9. The van der Waals surface area contributed by atoms with Crippen LogP contribution < -0.4 is 10.1 Å². The molecule has 0 radical (unpaired) electrons. The maximum atomic E-state index is 13.7. The lowest BCUT2D eigenvalue weighted by atomic mass is 10.0. The molecule has 0 aromatic heterocycles. The quantitative estimate of drug-likeness (QED) is 0.306. The smallest absolute Gasteiger partial charge is 0.261 e. The minimum Gasteiger partial charge on any atom is -0.483 e. The van der Waals surface area contributed by atoms with Gasteiger partial charge < -0.3 is 15.0 Å². The van der Waals surface area contributed by atoms with Crippen LogP contribution in [-0.2, 0) is 22.6 Å². The number of amides is 2. The number of halogens is 2. The Kier molecular flexibility index (Phi) is 10.4. The summed E-state index contributed by atoms with van der Waals surface area (Å²) in [5.74, 6) is 0.322. The largest absolute Gasteiger partial charge is 0.483 e. The topological polar surface area (TPSA) is 58.6 Å². The summed E-state index contributed by atoms with van der Waals surface area (Å²) in [5, 5.41) is 3.87. The molecule has 0 aliphatic heterocycles. The van der Waals surface area contributed by atoms with Gasteiger partial charge in [-0.15, -0.1) is 0 Å². The summed E-state index contributed by atoms with van der Waals surface area (Å²) in [7, 11) is 0. The van der Waals surface area contributed by atoms with Gasteiger partial charge in [-0.05, 0) is 54.7 Å². The molecule has 0 unspecified atom stereocenters. The second-order valence-corrected chi connectivity index (χ2v) is 10.4. The Hall–Kier alpha value is -3.02. The van der Waals surface area contributed by atoms with Crippen molar-refractivity contribution in [2.24, 2.45) is 5.92 Å². The van der Waals surface area contributed by atoms with Crippen LogP contribution in [-0.4, -0.2) is 35.9 Å². The van der Waals surface area contributed by atoms with E-state index in [2.05, 4.69) is 5.32 Å². The lowest BCUT2D eigenvalue weighted by Crippen LogP contribution is -2.52. The van der Waals surface area contributed by atoms with Crippen LogP contribution in [0.15, 0.2) is 66.7 Å². The molecule has 1 atom stereocenters. The minimum atomic E-state index is -0.789. The number of benzene rings is 3. The van der Waals surface area contributed by atoms with Crippen molar-refractivity contribution in [1.29, 1.82) is 0 Å². The Morgan fingerprint density at radius 1 is 0.919 bits per heavy atom. The molecule has 0 saturated carbocycles. The summed E-state index contributed by atoms with van der Waals surface area (Å²) in [6, 6.07) is 19.8. The predicted molar refractivity (Wildman–Crippen MR) is 150 cm³/mol. The number of nitrogens with zero attached hydrogens (tertiary/aromatic N) is 1. The minimum absolute atomic E-state index is 0.0695. The standard InChI is InChI=1S/C30H34Cl2N2O3/c1-20(2)17-33-30(36)27(16-23-11-6-5-7-12-23)34(18-24-25(31)13-9-14-26(24)32)29(35)19-37-28-15-8-10-21(3)22(28)4/h5-15,20,27H,16-19H2,1-4H3,(H,33,36)/t27-/m0/s1. The van der Waals surface area contributed by atoms with Crippen molar-refractivity contribution < 1.29 is 14.3 Å². The van der Waals surface area contributed by atoms with Crippen molar-refractivity contribution in [1.82, 2.24) is 10.2 Å². The van der Waals surface area contributed by atoms with Crippen molar-refractivity contribution in [2.75, 3.05) is 13.2 Å². The van der Waals surface area contributed by atoms with Gasteiger partial charge in [0, 0.05) is 35.1 Å². The van der Waals surface area contributed by atoms with Crippen LogP contribution in [0.3, 0.4) is 0 Å². The van der Waals surface area contributed by atoms with Gasteiger partial charge in [0.05, 0.1) is 0 Å². The van der Waals surface area contributed by atoms with Gasteiger partial charge >= 0.3 is 0 Å². The van der Waals surface area contributed by atoms with Crippen LogP contribution in [0.5, 0.6) is 5.75 Å². The maximum absolute atomic E-state index is 13.7.